The second-order valence-corrected chi connectivity index (χ2v) is 5.54. The van der Waals surface area contributed by atoms with Crippen molar-refractivity contribution in [3.8, 4) is 5.82 Å². The van der Waals surface area contributed by atoms with Crippen molar-refractivity contribution in [2.45, 2.75) is 44.4 Å². The minimum atomic E-state index is 0.343. The molecule has 0 aromatic carbocycles. The van der Waals surface area contributed by atoms with Crippen LogP contribution in [-0.4, -0.2) is 38.2 Å². The highest BCUT2D eigenvalue weighted by atomic mass is 16.5. The van der Waals surface area contributed by atoms with Gasteiger partial charge in [-0.1, -0.05) is 0 Å². The van der Waals surface area contributed by atoms with Crippen molar-refractivity contribution in [1.82, 2.24) is 20.0 Å². The smallest absolute Gasteiger partial charge is 0.175 e. The summed E-state index contributed by atoms with van der Waals surface area (Å²) in [4.78, 5) is 0. The maximum Gasteiger partial charge on any atom is 0.175 e. The van der Waals surface area contributed by atoms with Crippen molar-refractivity contribution in [3.05, 3.63) is 30.1 Å². The third-order valence-corrected chi connectivity index (χ3v) is 4.05. The second-order valence-electron chi connectivity index (χ2n) is 5.54. The highest BCUT2D eigenvalue weighted by molar-refractivity contribution is 5.38. The van der Waals surface area contributed by atoms with Crippen molar-refractivity contribution in [3.63, 3.8) is 0 Å². The van der Waals surface area contributed by atoms with Crippen LogP contribution in [0.2, 0.25) is 0 Å². The van der Waals surface area contributed by atoms with E-state index in [1.807, 2.05) is 31.3 Å². The number of nitrogens with one attached hydrogen (secondary N) is 1. The lowest BCUT2D eigenvalue weighted by molar-refractivity contribution is 0.102. The first kappa shape index (κ1) is 11.8. The zero-order chi connectivity index (χ0) is 13.5. The molecule has 2 saturated heterocycles. The summed E-state index contributed by atoms with van der Waals surface area (Å²) in [6, 6.07) is 6.20. The van der Waals surface area contributed by atoms with Crippen molar-refractivity contribution in [1.29, 1.82) is 0 Å². The van der Waals surface area contributed by atoms with Crippen LogP contribution in [0.15, 0.2) is 24.4 Å². The molecule has 0 radical (unpaired) electrons. The van der Waals surface area contributed by atoms with Gasteiger partial charge in [0, 0.05) is 6.20 Å². The summed E-state index contributed by atoms with van der Waals surface area (Å²) < 4.78 is 7.56. The molecule has 2 aliphatic rings. The highest BCUT2D eigenvalue weighted by Gasteiger charge is 2.40. The molecule has 3 atom stereocenters. The Labute approximate surface area is 117 Å². The van der Waals surface area contributed by atoms with Gasteiger partial charge in [0.1, 0.15) is 5.82 Å². The molecule has 0 spiro atoms. The molecule has 4 heterocycles. The van der Waals surface area contributed by atoms with Crippen LogP contribution in [0.5, 0.6) is 0 Å². The van der Waals surface area contributed by atoms with Gasteiger partial charge in [-0.15, -0.1) is 10.2 Å². The van der Waals surface area contributed by atoms with E-state index in [4.69, 9.17) is 4.74 Å². The molecule has 0 saturated carbocycles. The summed E-state index contributed by atoms with van der Waals surface area (Å²) in [5, 5.41) is 16.2. The minimum absolute atomic E-state index is 0.343. The lowest BCUT2D eigenvalue weighted by atomic mass is 9.95. The first-order valence-corrected chi connectivity index (χ1v) is 7.06. The Morgan fingerprint density at radius 3 is 2.80 bits per heavy atom. The van der Waals surface area contributed by atoms with Gasteiger partial charge in [-0.05, 0) is 44.4 Å². The van der Waals surface area contributed by atoms with Crippen molar-refractivity contribution < 1.29 is 4.74 Å². The van der Waals surface area contributed by atoms with E-state index < -0.39 is 0 Å². The summed E-state index contributed by atoms with van der Waals surface area (Å²) in [5.74, 6) is 1.53. The molecule has 2 aromatic heterocycles. The Bertz CT molecular complexity index is 608. The van der Waals surface area contributed by atoms with Crippen LogP contribution < -0.4 is 5.32 Å². The van der Waals surface area contributed by atoms with Crippen LogP contribution in [0.4, 0.5) is 5.82 Å². The van der Waals surface area contributed by atoms with Gasteiger partial charge in [-0.2, -0.15) is 5.10 Å². The van der Waals surface area contributed by atoms with Crippen LogP contribution in [0.1, 0.15) is 25.0 Å². The summed E-state index contributed by atoms with van der Waals surface area (Å²) >= 11 is 0. The molecule has 0 amide bonds. The van der Waals surface area contributed by atoms with Crippen LogP contribution in [0.25, 0.3) is 5.82 Å². The first-order chi connectivity index (χ1) is 9.78. The van der Waals surface area contributed by atoms with Gasteiger partial charge in [-0.25, -0.2) is 4.68 Å². The Balaban J connectivity index is 1.47. The zero-order valence-electron chi connectivity index (χ0n) is 11.4. The van der Waals surface area contributed by atoms with E-state index in [0.717, 1.165) is 30.2 Å². The summed E-state index contributed by atoms with van der Waals surface area (Å²) in [7, 11) is 0. The molecule has 4 rings (SSSR count). The lowest BCUT2D eigenvalue weighted by Gasteiger charge is -2.20. The normalized spacial score (nSPS) is 27.9. The summed E-state index contributed by atoms with van der Waals surface area (Å²) in [6.45, 7) is 1.95. The fourth-order valence-electron chi connectivity index (χ4n) is 3.05. The van der Waals surface area contributed by atoms with E-state index in [1.165, 1.54) is 6.42 Å². The van der Waals surface area contributed by atoms with Gasteiger partial charge >= 0.3 is 0 Å². The second kappa shape index (κ2) is 4.56. The largest absolute Gasteiger partial charge is 0.373 e. The van der Waals surface area contributed by atoms with E-state index in [-0.39, 0.29) is 0 Å². The molecule has 20 heavy (non-hydrogen) atoms. The van der Waals surface area contributed by atoms with Crippen LogP contribution >= 0.6 is 0 Å². The van der Waals surface area contributed by atoms with Gasteiger partial charge in [-0.3, -0.25) is 0 Å². The van der Waals surface area contributed by atoms with Gasteiger partial charge in [0.25, 0.3) is 0 Å². The molecule has 2 aliphatic heterocycles. The average molecular weight is 271 g/mol. The Morgan fingerprint density at radius 2 is 2.20 bits per heavy atom. The number of aryl methyl sites for hydroxylation is 1. The third-order valence-electron chi connectivity index (χ3n) is 4.05. The first-order valence-electron chi connectivity index (χ1n) is 7.06. The maximum absolute atomic E-state index is 5.83. The predicted molar refractivity (Wildman–Crippen MR) is 73.8 cm³/mol. The number of fused-ring (bicyclic) bond motifs is 2. The SMILES string of the molecule is Cc1ccn(-c2ccc(N[C@@H]3C[C@H]4CC[C@H]3O4)nn2)n1. The summed E-state index contributed by atoms with van der Waals surface area (Å²) in [6.07, 6.45) is 6.10. The van der Waals surface area contributed by atoms with Crippen LogP contribution in [0.3, 0.4) is 0 Å². The highest BCUT2D eigenvalue weighted by Crippen LogP contribution is 2.35. The van der Waals surface area contributed by atoms with Crippen molar-refractivity contribution in [2.24, 2.45) is 0 Å². The fourth-order valence-corrected chi connectivity index (χ4v) is 3.05. The topological polar surface area (TPSA) is 64.9 Å². The van der Waals surface area contributed by atoms with E-state index in [9.17, 15) is 0 Å². The number of hydrogen-bond donors (Lipinski definition) is 1. The molecule has 2 aromatic rings. The molecule has 6 heteroatoms. The summed E-state index contributed by atoms with van der Waals surface area (Å²) in [5.41, 5.74) is 0.966. The van der Waals surface area contributed by atoms with Crippen molar-refractivity contribution >= 4 is 5.82 Å². The Morgan fingerprint density at radius 1 is 1.25 bits per heavy atom. The molecular formula is C14H17N5O. The molecule has 6 nitrogen and oxygen atoms in total. The lowest BCUT2D eigenvalue weighted by Crippen LogP contribution is -2.30. The van der Waals surface area contributed by atoms with E-state index >= 15 is 0 Å². The van der Waals surface area contributed by atoms with Crippen molar-refractivity contribution in [2.75, 3.05) is 5.32 Å². The number of nitrogens with zero attached hydrogens (tertiary/aromatic N) is 4. The molecule has 2 bridgehead atoms. The number of rotatable bonds is 3. The van der Waals surface area contributed by atoms with E-state index in [2.05, 4.69) is 20.6 Å². The zero-order valence-corrected chi connectivity index (χ0v) is 11.4. The molecule has 104 valence electrons. The van der Waals surface area contributed by atoms with Gasteiger partial charge < -0.3 is 10.1 Å². The monoisotopic (exact) mass is 271 g/mol. The van der Waals surface area contributed by atoms with Gasteiger partial charge in [0.15, 0.2) is 5.82 Å². The van der Waals surface area contributed by atoms with E-state index in [1.54, 1.807) is 4.68 Å². The van der Waals surface area contributed by atoms with E-state index in [0.29, 0.717) is 18.2 Å². The van der Waals surface area contributed by atoms with Gasteiger partial charge in [0.2, 0.25) is 0 Å². The van der Waals surface area contributed by atoms with Crippen LogP contribution in [-0.2, 0) is 4.74 Å². The Hall–Kier alpha value is -1.95. The number of hydrogen-bond acceptors (Lipinski definition) is 5. The minimum Gasteiger partial charge on any atom is -0.373 e. The fraction of sp³-hybridized carbons (Fsp3) is 0.500. The number of ether oxygens (including phenoxy) is 1. The maximum atomic E-state index is 5.83. The molecule has 1 N–H and O–H groups in total. The van der Waals surface area contributed by atoms with Crippen LogP contribution in [0, 0.1) is 6.92 Å². The Kier molecular flexibility index (Phi) is 2.70. The third kappa shape index (κ3) is 2.06. The predicted octanol–water partition coefficient (Wildman–Crippen LogP) is 1.70. The number of aromatic nitrogens is 4. The molecule has 0 unspecified atom stereocenters. The number of anilines is 1. The quantitative estimate of drug-likeness (QED) is 0.920. The molecular weight excluding hydrogens is 254 g/mol. The molecule has 2 fully saturated rings. The average Bonchev–Trinajstić information content (AvgIpc) is 3.16. The molecule has 0 aliphatic carbocycles. The van der Waals surface area contributed by atoms with Gasteiger partial charge in [0.05, 0.1) is 23.9 Å². The standard InChI is InChI=1S/C14H17N5O/c1-9-6-7-19(18-9)14-5-4-13(16-17-14)15-11-8-10-2-3-12(11)20-10/h4-7,10-12H,2-3,8H2,1H3,(H,15,16)/t10-,11-,12-/m1/s1.